The molecule has 23 heavy (non-hydrogen) atoms. The van der Waals surface area contributed by atoms with Gasteiger partial charge in [0.25, 0.3) is 0 Å². The molecule has 0 bridgehead atoms. The molecule has 122 valence electrons. The summed E-state index contributed by atoms with van der Waals surface area (Å²) in [5.74, 6) is 4.77. The zero-order valence-electron chi connectivity index (χ0n) is 12.0. The third kappa shape index (κ3) is 5.81. The fraction of sp³-hybridized carbons (Fsp3) is 0. The van der Waals surface area contributed by atoms with Crippen molar-refractivity contribution in [1.82, 2.24) is 0 Å². The van der Waals surface area contributed by atoms with E-state index >= 15 is 0 Å². The molecule has 0 aromatic heterocycles. The maximum absolute atomic E-state index is 11.7. The summed E-state index contributed by atoms with van der Waals surface area (Å²) >= 11 is 5.81. The van der Waals surface area contributed by atoms with Crippen molar-refractivity contribution in [3.05, 3.63) is 88.9 Å². The van der Waals surface area contributed by atoms with Crippen LogP contribution in [0.1, 0.15) is 15.9 Å². The minimum atomic E-state index is -0.358. The van der Waals surface area contributed by atoms with Crippen LogP contribution in [0.15, 0.2) is 72.8 Å². The Morgan fingerprint density at radius 1 is 1.04 bits per heavy atom. The van der Waals surface area contributed by atoms with E-state index in [9.17, 15) is 9.90 Å². The Morgan fingerprint density at radius 2 is 1.65 bits per heavy atom. The van der Waals surface area contributed by atoms with Crippen LogP contribution in [0.5, 0.6) is 5.75 Å². The third-order valence-electron chi connectivity index (χ3n) is 2.78. The van der Waals surface area contributed by atoms with Crippen LogP contribution in [0.25, 0.3) is 0 Å². The Balaban J connectivity index is 0.000000377. The van der Waals surface area contributed by atoms with Gasteiger partial charge in [-0.3, -0.25) is 0 Å². The molecule has 0 saturated heterocycles. The summed E-state index contributed by atoms with van der Waals surface area (Å²) in [7, 11) is 0. The minimum absolute atomic E-state index is 0. The van der Waals surface area contributed by atoms with Crippen molar-refractivity contribution in [1.29, 1.82) is 0 Å². The molecular formula is C19H13ClFeO2-6. The van der Waals surface area contributed by atoms with E-state index in [1.807, 2.05) is 30.3 Å². The average Bonchev–Trinajstić information content (AvgIpc) is 3.20. The molecule has 0 atom stereocenters. The number of Topliss-reactive ketones (excluding diaryl/α,β-unsaturated/α-hetero) is 1. The molecule has 0 saturated carbocycles. The molecule has 3 aromatic carbocycles. The van der Waals surface area contributed by atoms with Crippen LogP contribution in [0, 0.1) is 11.8 Å². The number of para-hydroxylation sites is 1. The molecule has 4 heteroatoms. The molecule has 0 aliphatic carbocycles. The maximum Gasteiger partial charge on any atom is 0.148 e. The van der Waals surface area contributed by atoms with Crippen LogP contribution in [-0.4, -0.2) is 10.9 Å². The van der Waals surface area contributed by atoms with Gasteiger partial charge in [0.05, 0.1) is 5.56 Å². The molecule has 0 amide bonds. The SMILES string of the molecule is O=C(C#Cc1ccccc1O)[c-]1cccc1Cl.[Fe].[cH-]1[cH-][cH-][cH-][cH-]1. The largest absolute Gasteiger partial charge is 0.748 e. The number of hydrogen-bond donors (Lipinski definition) is 1. The van der Waals surface area contributed by atoms with E-state index < -0.39 is 0 Å². The van der Waals surface area contributed by atoms with E-state index in [0.717, 1.165) is 0 Å². The van der Waals surface area contributed by atoms with Gasteiger partial charge in [-0.05, 0) is 22.7 Å². The molecule has 2 nitrogen and oxygen atoms in total. The zero-order chi connectivity index (χ0) is 15.8. The van der Waals surface area contributed by atoms with Crippen molar-refractivity contribution in [3.63, 3.8) is 0 Å². The number of carbonyl (C=O) groups excluding carboxylic acids is 1. The van der Waals surface area contributed by atoms with Gasteiger partial charge in [0.1, 0.15) is 11.5 Å². The van der Waals surface area contributed by atoms with Crippen LogP contribution in [0.2, 0.25) is 5.02 Å². The van der Waals surface area contributed by atoms with Gasteiger partial charge < -0.3 is 40.2 Å². The van der Waals surface area contributed by atoms with Crippen LogP contribution in [-0.2, 0) is 17.1 Å². The van der Waals surface area contributed by atoms with E-state index in [-0.39, 0.29) is 28.6 Å². The monoisotopic (exact) mass is 364 g/mol. The summed E-state index contributed by atoms with van der Waals surface area (Å²) in [6.07, 6.45) is 0. The number of carbonyl (C=O) groups is 1. The molecule has 0 aliphatic heterocycles. The average molecular weight is 365 g/mol. The fourth-order valence-electron chi connectivity index (χ4n) is 1.67. The maximum atomic E-state index is 11.7. The summed E-state index contributed by atoms with van der Waals surface area (Å²) in [5.41, 5.74) is 0.804. The fourth-order valence-corrected chi connectivity index (χ4v) is 1.90. The van der Waals surface area contributed by atoms with Gasteiger partial charge in [-0.25, -0.2) is 0 Å². The number of benzene rings is 1. The number of ketones is 1. The topological polar surface area (TPSA) is 37.3 Å². The Kier molecular flexibility index (Phi) is 7.94. The predicted octanol–water partition coefficient (Wildman–Crippen LogP) is 4.40. The molecular weight excluding hydrogens is 352 g/mol. The van der Waals surface area contributed by atoms with E-state index in [4.69, 9.17) is 11.6 Å². The van der Waals surface area contributed by atoms with Gasteiger partial charge in [-0.1, -0.05) is 12.1 Å². The molecule has 0 radical (unpaired) electrons. The van der Waals surface area contributed by atoms with Crippen molar-refractivity contribution in [3.8, 4) is 17.6 Å². The zero-order valence-corrected chi connectivity index (χ0v) is 13.9. The second kappa shape index (κ2) is 9.71. The smallest absolute Gasteiger partial charge is 0.148 e. The molecule has 0 unspecified atom stereocenters. The first-order valence-corrected chi connectivity index (χ1v) is 6.98. The van der Waals surface area contributed by atoms with Crippen molar-refractivity contribution in [2.24, 2.45) is 0 Å². The van der Waals surface area contributed by atoms with E-state index in [1.165, 1.54) is 6.07 Å². The third-order valence-corrected chi connectivity index (χ3v) is 3.11. The molecule has 0 heterocycles. The molecule has 3 aromatic rings. The van der Waals surface area contributed by atoms with Crippen LogP contribution < -0.4 is 0 Å². The summed E-state index contributed by atoms with van der Waals surface area (Å²) in [6.45, 7) is 0. The van der Waals surface area contributed by atoms with Gasteiger partial charge >= 0.3 is 0 Å². The quantitative estimate of drug-likeness (QED) is 0.301. The minimum Gasteiger partial charge on any atom is -0.748 e. The van der Waals surface area contributed by atoms with Crippen molar-refractivity contribution >= 4 is 17.4 Å². The summed E-state index contributed by atoms with van der Waals surface area (Å²) < 4.78 is 0. The number of aromatic hydroxyl groups is 1. The second-order valence-corrected chi connectivity index (χ2v) is 4.75. The Morgan fingerprint density at radius 3 is 2.17 bits per heavy atom. The normalized spacial score (nSPS) is 8.74. The number of halogens is 1. The molecule has 0 spiro atoms. The number of hydrogen-bond acceptors (Lipinski definition) is 2. The second-order valence-electron chi connectivity index (χ2n) is 4.35. The Hall–Kier alpha value is -2.24. The van der Waals surface area contributed by atoms with Gasteiger partial charge in [-0.15, -0.1) is 29.5 Å². The Bertz CT molecular complexity index is 775. The van der Waals surface area contributed by atoms with Crippen LogP contribution in [0.3, 0.4) is 0 Å². The standard InChI is InChI=1S/C14H8ClO2.C5H5.Fe/c15-12-6-3-5-11(12)14(17)9-8-10-4-1-2-7-13(10)16;1-2-4-5-3-1;/h1-7,16H;1-5H;/q-1;-5;. The van der Waals surface area contributed by atoms with Gasteiger partial charge in [0, 0.05) is 17.1 Å². The molecule has 1 N–H and O–H groups in total. The summed E-state index contributed by atoms with van der Waals surface area (Å²) in [4.78, 5) is 11.7. The van der Waals surface area contributed by atoms with Crippen LogP contribution >= 0.6 is 11.6 Å². The molecule has 0 aliphatic rings. The van der Waals surface area contributed by atoms with E-state index in [0.29, 0.717) is 16.1 Å². The first-order chi connectivity index (χ1) is 10.7. The molecule has 3 rings (SSSR count). The van der Waals surface area contributed by atoms with Crippen molar-refractivity contribution in [2.75, 3.05) is 0 Å². The summed E-state index contributed by atoms with van der Waals surface area (Å²) in [5, 5.41) is 9.86. The van der Waals surface area contributed by atoms with Gasteiger partial charge in [-0.2, -0.15) is 12.1 Å². The van der Waals surface area contributed by atoms with Gasteiger partial charge in [0.15, 0.2) is 0 Å². The van der Waals surface area contributed by atoms with Crippen molar-refractivity contribution in [2.45, 2.75) is 0 Å². The first kappa shape index (κ1) is 18.8. The number of phenolic OH excluding ortho intramolecular Hbond substituents is 1. The summed E-state index contributed by atoms with van der Waals surface area (Å²) in [6, 6.07) is 21.5. The van der Waals surface area contributed by atoms with Crippen LogP contribution in [0.4, 0.5) is 0 Å². The Labute approximate surface area is 150 Å². The van der Waals surface area contributed by atoms with E-state index in [2.05, 4.69) is 11.8 Å². The first-order valence-electron chi connectivity index (χ1n) is 6.60. The van der Waals surface area contributed by atoms with Crippen molar-refractivity contribution < 1.29 is 27.0 Å². The van der Waals surface area contributed by atoms with Gasteiger partial charge in [0.2, 0.25) is 0 Å². The number of rotatable bonds is 1. The number of phenols is 1. The van der Waals surface area contributed by atoms with E-state index in [1.54, 1.807) is 36.4 Å². The molecule has 0 fully saturated rings. The predicted molar refractivity (Wildman–Crippen MR) is 88.4 cm³/mol.